The van der Waals surface area contributed by atoms with Crippen molar-refractivity contribution < 1.29 is 8.42 Å². The van der Waals surface area contributed by atoms with Crippen molar-refractivity contribution in [1.29, 1.82) is 0 Å². The first-order valence-electron chi connectivity index (χ1n) is 10.1. The molecule has 0 bridgehead atoms. The van der Waals surface area contributed by atoms with Crippen LogP contribution in [0.4, 0.5) is 5.69 Å². The second-order valence-electron chi connectivity index (χ2n) is 7.87. The van der Waals surface area contributed by atoms with E-state index in [1.807, 2.05) is 59.4 Å². The molecule has 7 nitrogen and oxygen atoms in total. The Balaban J connectivity index is 1.36. The Kier molecular flexibility index (Phi) is 5.87. The monoisotopic (exact) mass is 425 g/mol. The lowest BCUT2D eigenvalue weighted by Gasteiger charge is -2.32. The molecule has 158 valence electrons. The van der Waals surface area contributed by atoms with Crippen LogP contribution in [0.3, 0.4) is 0 Å². The lowest BCUT2D eigenvalue weighted by Crippen LogP contribution is -2.32. The lowest BCUT2D eigenvalue weighted by atomic mass is 9.89. The highest BCUT2D eigenvalue weighted by Gasteiger charge is 2.22. The van der Waals surface area contributed by atoms with E-state index in [2.05, 4.69) is 21.3 Å². The maximum atomic E-state index is 11.8. The fraction of sp³-hybridized carbons (Fsp3) is 0.364. The Morgan fingerprint density at radius 2 is 1.80 bits per heavy atom. The summed E-state index contributed by atoms with van der Waals surface area (Å²) in [5, 5.41) is 8.57. The first kappa shape index (κ1) is 20.6. The summed E-state index contributed by atoms with van der Waals surface area (Å²) in [5.74, 6) is 0.439. The third-order valence-corrected chi connectivity index (χ3v) is 6.94. The zero-order valence-electron chi connectivity index (χ0n) is 17.3. The van der Waals surface area contributed by atoms with Crippen LogP contribution in [0.1, 0.15) is 30.0 Å². The van der Waals surface area contributed by atoms with Gasteiger partial charge in [-0.3, -0.25) is 9.21 Å². The quantitative estimate of drug-likeness (QED) is 0.607. The predicted octanol–water partition coefficient (Wildman–Crippen LogP) is 3.04. The van der Waals surface area contributed by atoms with Crippen molar-refractivity contribution in [3.05, 3.63) is 72.1 Å². The van der Waals surface area contributed by atoms with Gasteiger partial charge in [-0.25, -0.2) is 13.1 Å². The van der Waals surface area contributed by atoms with Gasteiger partial charge >= 0.3 is 0 Å². The van der Waals surface area contributed by atoms with Crippen LogP contribution >= 0.6 is 0 Å². The largest absolute Gasteiger partial charge is 0.297 e. The van der Waals surface area contributed by atoms with E-state index in [-0.39, 0.29) is 0 Å². The first-order valence-corrected chi connectivity index (χ1v) is 12.0. The van der Waals surface area contributed by atoms with Gasteiger partial charge in [0.25, 0.3) is 0 Å². The second-order valence-corrected chi connectivity index (χ2v) is 9.88. The van der Waals surface area contributed by atoms with Crippen molar-refractivity contribution in [3.8, 4) is 5.69 Å². The van der Waals surface area contributed by atoms with Crippen LogP contribution < -0.4 is 4.31 Å². The van der Waals surface area contributed by atoms with Gasteiger partial charge in [-0.15, -0.1) is 5.10 Å². The molecule has 2 aromatic carbocycles. The van der Waals surface area contributed by atoms with Gasteiger partial charge in [-0.05, 0) is 61.7 Å². The van der Waals surface area contributed by atoms with Gasteiger partial charge < -0.3 is 0 Å². The van der Waals surface area contributed by atoms with E-state index in [0.717, 1.165) is 49.5 Å². The maximum Gasteiger partial charge on any atom is 0.231 e. The molecule has 2 heterocycles. The Bertz CT molecular complexity index is 1090. The molecule has 0 radical (unpaired) electrons. The average Bonchev–Trinajstić information content (AvgIpc) is 3.22. The summed E-state index contributed by atoms with van der Waals surface area (Å²) in [6.45, 7) is 2.75. The number of para-hydroxylation sites is 1. The number of nitrogens with zero attached hydrogens (tertiary/aromatic N) is 5. The summed E-state index contributed by atoms with van der Waals surface area (Å²) in [5.41, 5.74) is 3.90. The number of likely N-dealkylation sites (tertiary alicyclic amines) is 1. The molecule has 0 amide bonds. The Labute approximate surface area is 178 Å². The van der Waals surface area contributed by atoms with Gasteiger partial charge in [0.1, 0.15) is 0 Å². The Morgan fingerprint density at radius 3 is 2.50 bits per heavy atom. The smallest absolute Gasteiger partial charge is 0.231 e. The minimum absolute atomic E-state index is 0.439. The van der Waals surface area contributed by atoms with Crippen LogP contribution in [-0.4, -0.2) is 54.7 Å². The zero-order chi connectivity index (χ0) is 21.1. The summed E-state index contributed by atoms with van der Waals surface area (Å²) >= 11 is 0. The van der Waals surface area contributed by atoms with Crippen molar-refractivity contribution in [3.63, 3.8) is 0 Å². The molecule has 1 fully saturated rings. The molecule has 30 heavy (non-hydrogen) atoms. The van der Waals surface area contributed by atoms with Crippen LogP contribution in [-0.2, 0) is 16.6 Å². The van der Waals surface area contributed by atoms with Crippen molar-refractivity contribution in [2.45, 2.75) is 25.3 Å². The summed E-state index contributed by atoms with van der Waals surface area (Å²) in [4.78, 5) is 2.41. The van der Waals surface area contributed by atoms with E-state index in [0.29, 0.717) is 5.92 Å². The van der Waals surface area contributed by atoms with E-state index in [1.165, 1.54) is 16.1 Å². The summed E-state index contributed by atoms with van der Waals surface area (Å²) in [6, 6.07) is 17.9. The predicted molar refractivity (Wildman–Crippen MR) is 118 cm³/mol. The Morgan fingerprint density at radius 1 is 1.07 bits per heavy atom. The normalized spacial score (nSPS) is 15.9. The maximum absolute atomic E-state index is 11.8. The second kappa shape index (κ2) is 8.57. The number of benzene rings is 2. The molecular formula is C22H27N5O2S. The molecule has 0 aliphatic carbocycles. The number of anilines is 1. The SMILES string of the molecule is CN(c1cccc(C2CCN(Cc3cn(-c4ccccc4)nn3)CC2)c1)S(C)(=O)=O. The molecule has 1 aromatic heterocycles. The van der Waals surface area contributed by atoms with Crippen molar-refractivity contribution in [2.24, 2.45) is 0 Å². The average molecular weight is 426 g/mol. The number of hydrogen-bond acceptors (Lipinski definition) is 5. The molecule has 1 aliphatic rings. The summed E-state index contributed by atoms with van der Waals surface area (Å²) in [7, 11) is -1.66. The highest BCUT2D eigenvalue weighted by atomic mass is 32.2. The van der Waals surface area contributed by atoms with Gasteiger partial charge in [0, 0.05) is 13.6 Å². The van der Waals surface area contributed by atoms with E-state index < -0.39 is 10.0 Å². The minimum atomic E-state index is -3.25. The fourth-order valence-electron chi connectivity index (χ4n) is 3.90. The molecule has 1 aliphatic heterocycles. The number of piperidine rings is 1. The molecule has 0 N–H and O–H groups in total. The van der Waals surface area contributed by atoms with Crippen molar-refractivity contribution >= 4 is 15.7 Å². The number of rotatable bonds is 6. The van der Waals surface area contributed by atoms with Crippen LogP contribution in [0, 0.1) is 0 Å². The minimum Gasteiger partial charge on any atom is -0.297 e. The highest BCUT2D eigenvalue weighted by Crippen LogP contribution is 2.31. The summed E-state index contributed by atoms with van der Waals surface area (Å²) < 4.78 is 26.8. The van der Waals surface area contributed by atoms with Crippen LogP contribution in [0.25, 0.3) is 5.69 Å². The molecule has 0 unspecified atom stereocenters. The fourth-order valence-corrected chi connectivity index (χ4v) is 4.39. The van der Waals surface area contributed by atoms with E-state index in [9.17, 15) is 8.42 Å². The number of aromatic nitrogens is 3. The van der Waals surface area contributed by atoms with Crippen molar-refractivity contribution in [1.82, 2.24) is 19.9 Å². The number of sulfonamides is 1. The Hall–Kier alpha value is -2.71. The van der Waals surface area contributed by atoms with E-state index in [1.54, 1.807) is 7.05 Å². The summed E-state index contributed by atoms with van der Waals surface area (Å²) in [6.07, 6.45) is 5.30. The molecule has 1 saturated heterocycles. The van der Waals surface area contributed by atoms with Crippen molar-refractivity contribution in [2.75, 3.05) is 30.7 Å². The molecule has 8 heteroatoms. The van der Waals surface area contributed by atoms with Gasteiger partial charge in [-0.1, -0.05) is 35.5 Å². The van der Waals surface area contributed by atoms with Gasteiger partial charge in [0.2, 0.25) is 10.0 Å². The van der Waals surface area contributed by atoms with E-state index in [4.69, 9.17) is 0 Å². The molecular weight excluding hydrogens is 398 g/mol. The third-order valence-electron chi connectivity index (χ3n) is 5.74. The van der Waals surface area contributed by atoms with Crippen LogP contribution in [0.15, 0.2) is 60.8 Å². The van der Waals surface area contributed by atoms with Crippen LogP contribution in [0.2, 0.25) is 0 Å². The van der Waals surface area contributed by atoms with E-state index >= 15 is 0 Å². The molecule has 0 atom stereocenters. The van der Waals surface area contributed by atoms with Gasteiger partial charge in [0.05, 0.1) is 29.5 Å². The molecule has 0 spiro atoms. The lowest BCUT2D eigenvalue weighted by molar-refractivity contribution is 0.202. The highest BCUT2D eigenvalue weighted by molar-refractivity contribution is 7.92. The number of hydrogen-bond donors (Lipinski definition) is 0. The topological polar surface area (TPSA) is 71.3 Å². The third kappa shape index (κ3) is 4.71. The van der Waals surface area contributed by atoms with Gasteiger partial charge in [0.15, 0.2) is 0 Å². The van der Waals surface area contributed by atoms with Crippen LogP contribution in [0.5, 0.6) is 0 Å². The van der Waals surface area contributed by atoms with Gasteiger partial charge in [-0.2, -0.15) is 0 Å². The zero-order valence-corrected chi connectivity index (χ0v) is 18.2. The molecule has 0 saturated carbocycles. The standard InChI is InChI=1S/C22H27N5O2S/c1-25(30(2,28)29)22-10-6-7-19(15-22)18-11-13-26(14-12-18)16-20-17-27(24-23-20)21-8-4-3-5-9-21/h3-10,15,17-18H,11-14,16H2,1-2H3. The first-order chi connectivity index (χ1) is 14.4. The molecule has 3 aromatic rings. The molecule has 4 rings (SSSR count).